The smallest absolute Gasteiger partial charge is 0.319 e. The van der Waals surface area contributed by atoms with Gasteiger partial charge in [-0.3, -0.25) is 4.79 Å². The first-order valence-corrected chi connectivity index (χ1v) is 8.34. The van der Waals surface area contributed by atoms with Gasteiger partial charge in [-0.15, -0.1) is 5.12 Å². The number of hydrogen-bond donors (Lipinski definition) is 3. The third-order valence-electron chi connectivity index (χ3n) is 4.29. The third-order valence-corrected chi connectivity index (χ3v) is 4.29. The summed E-state index contributed by atoms with van der Waals surface area (Å²) < 4.78 is 39.0. The fourth-order valence-corrected chi connectivity index (χ4v) is 2.91. The van der Waals surface area contributed by atoms with Crippen molar-refractivity contribution >= 4 is 5.91 Å². The molecule has 1 aliphatic rings. The standard InChI is InChI=1S/C19H19F3N4O/c1-2-18(27)23-10-14-4-3-13(12-5-7-15(20)8-6-12)9-16(14)17-11-24-26(25-17)19(21)22/h2-9,17,19,24-25H,1,10-11H2,(H,23,27). The van der Waals surface area contributed by atoms with Gasteiger partial charge in [0.15, 0.2) is 0 Å². The van der Waals surface area contributed by atoms with Gasteiger partial charge < -0.3 is 5.32 Å². The highest BCUT2D eigenvalue weighted by Crippen LogP contribution is 2.28. The summed E-state index contributed by atoms with van der Waals surface area (Å²) in [7, 11) is 0. The average molecular weight is 376 g/mol. The summed E-state index contributed by atoms with van der Waals surface area (Å²) in [6, 6.07) is 11.1. The lowest BCUT2D eigenvalue weighted by Gasteiger charge is -2.19. The highest BCUT2D eigenvalue weighted by Gasteiger charge is 2.29. The lowest BCUT2D eigenvalue weighted by Crippen LogP contribution is -2.42. The molecule has 0 saturated carbocycles. The van der Waals surface area contributed by atoms with Gasteiger partial charge in [0.25, 0.3) is 0 Å². The second kappa shape index (κ2) is 8.34. The van der Waals surface area contributed by atoms with E-state index >= 15 is 0 Å². The fourth-order valence-electron chi connectivity index (χ4n) is 2.91. The molecule has 1 atom stereocenters. The van der Waals surface area contributed by atoms with E-state index in [2.05, 4.69) is 22.7 Å². The normalized spacial score (nSPS) is 17.3. The van der Waals surface area contributed by atoms with Gasteiger partial charge in [0.05, 0.1) is 6.04 Å². The SMILES string of the molecule is C=CC(=O)NCc1ccc(-c2ccc(F)cc2)cc1C1CNN(C(F)F)N1. The molecular weight excluding hydrogens is 357 g/mol. The van der Waals surface area contributed by atoms with Crippen molar-refractivity contribution in [2.24, 2.45) is 0 Å². The van der Waals surface area contributed by atoms with Gasteiger partial charge in [0.1, 0.15) is 5.82 Å². The quantitative estimate of drug-likeness (QED) is 0.536. The second-order valence-corrected chi connectivity index (χ2v) is 6.03. The molecule has 0 spiro atoms. The number of nitrogens with one attached hydrogen (secondary N) is 3. The van der Waals surface area contributed by atoms with Crippen molar-refractivity contribution < 1.29 is 18.0 Å². The number of nitrogens with zero attached hydrogens (tertiary/aromatic N) is 1. The first-order chi connectivity index (χ1) is 13.0. The molecule has 0 aromatic heterocycles. The van der Waals surface area contributed by atoms with Crippen LogP contribution in [0.3, 0.4) is 0 Å². The molecule has 3 N–H and O–H groups in total. The number of benzene rings is 2. The van der Waals surface area contributed by atoms with Crippen LogP contribution in [0.1, 0.15) is 17.2 Å². The molecule has 142 valence electrons. The zero-order valence-electron chi connectivity index (χ0n) is 14.4. The van der Waals surface area contributed by atoms with Gasteiger partial charge in [-0.2, -0.15) is 8.78 Å². The number of carbonyl (C=O) groups excluding carboxylic acids is 1. The molecule has 1 fully saturated rings. The number of hydrazine groups is 2. The maximum Gasteiger partial charge on any atom is 0.319 e. The number of rotatable bonds is 6. The first-order valence-electron chi connectivity index (χ1n) is 8.34. The molecule has 1 unspecified atom stereocenters. The summed E-state index contributed by atoms with van der Waals surface area (Å²) in [4.78, 5) is 11.5. The van der Waals surface area contributed by atoms with Crippen molar-refractivity contribution in [1.82, 2.24) is 21.3 Å². The molecule has 0 bridgehead atoms. The van der Waals surface area contributed by atoms with Crippen LogP contribution in [-0.4, -0.2) is 24.1 Å². The Labute approximate surface area is 154 Å². The van der Waals surface area contributed by atoms with E-state index in [-0.39, 0.29) is 24.8 Å². The molecule has 8 heteroatoms. The molecule has 5 nitrogen and oxygen atoms in total. The number of hydrogen-bond acceptors (Lipinski definition) is 4. The maximum atomic E-state index is 13.2. The number of halogens is 3. The van der Waals surface area contributed by atoms with Crippen LogP contribution in [-0.2, 0) is 11.3 Å². The predicted octanol–water partition coefficient (Wildman–Crippen LogP) is 2.88. The van der Waals surface area contributed by atoms with E-state index in [1.165, 1.54) is 18.2 Å². The summed E-state index contributed by atoms with van der Waals surface area (Å²) in [6.45, 7) is 1.21. The van der Waals surface area contributed by atoms with Crippen molar-refractivity contribution in [2.45, 2.75) is 19.1 Å². The van der Waals surface area contributed by atoms with Crippen LogP contribution >= 0.6 is 0 Å². The minimum absolute atomic E-state index is 0.233. The topological polar surface area (TPSA) is 56.4 Å². The van der Waals surface area contributed by atoms with Gasteiger partial charge >= 0.3 is 6.55 Å². The lowest BCUT2D eigenvalue weighted by molar-refractivity contribution is -0.116. The van der Waals surface area contributed by atoms with Crippen molar-refractivity contribution in [3.05, 3.63) is 72.1 Å². The lowest BCUT2D eigenvalue weighted by atomic mass is 9.95. The van der Waals surface area contributed by atoms with Gasteiger partial charge in [0, 0.05) is 13.1 Å². The molecular formula is C19H19F3N4O. The highest BCUT2D eigenvalue weighted by atomic mass is 19.3. The Hall–Kier alpha value is -2.68. The molecule has 2 aromatic rings. The Balaban J connectivity index is 1.92. The zero-order valence-corrected chi connectivity index (χ0v) is 14.4. The summed E-state index contributed by atoms with van der Waals surface area (Å²) in [5.74, 6) is -0.660. The van der Waals surface area contributed by atoms with Crippen LogP contribution in [0.4, 0.5) is 13.2 Å². The summed E-state index contributed by atoms with van der Waals surface area (Å²) in [5, 5.41) is 3.35. The zero-order chi connectivity index (χ0) is 19.4. The van der Waals surface area contributed by atoms with Crippen molar-refractivity contribution in [3.8, 4) is 11.1 Å². The Morgan fingerprint density at radius 3 is 2.59 bits per heavy atom. The number of amides is 1. The van der Waals surface area contributed by atoms with E-state index in [1.807, 2.05) is 18.2 Å². The highest BCUT2D eigenvalue weighted by molar-refractivity contribution is 5.86. The van der Waals surface area contributed by atoms with Crippen LogP contribution < -0.4 is 16.2 Å². The monoisotopic (exact) mass is 376 g/mol. The van der Waals surface area contributed by atoms with Crippen molar-refractivity contribution in [3.63, 3.8) is 0 Å². The Morgan fingerprint density at radius 1 is 1.26 bits per heavy atom. The van der Waals surface area contributed by atoms with Crippen LogP contribution in [0.5, 0.6) is 0 Å². The summed E-state index contributed by atoms with van der Waals surface area (Å²) in [5.41, 5.74) is 8.48. The molecule has 0 aliphatic carbocycles. The van der Waals surface area contributed by atoms with Crippen LogP contribution in [0.15, 0.2) is 55.1 Å². The summed E-state index contributed by atoms with van der Waals surface area (Å²) in [6.07, 6.45) is 1.17. The number of carbonyl (C=O) groups is 1. The minimum Gasteiger partial charge on any atom is -0.348 e. The molecule has 1 amide bonds. The molecule has 1 heterocycles. The van der Waals surface area contributed by atoms with Crippen LogP contribution in [0, 0.1) is 5.82 Å². The van der Waals surface area contributed by atoms with E-state index in [1.54, 1.807) is 12.1 Å². The maximum absolute atomic E-state index is 13.2. The average Bonchev–Trinajstić information content (AvgIpc) is 3.17. The number of alkyl halides is 2. The van der Waals surface area contributed by atoms with E-state index in [4.69, 9.17) is 0 Å². The van der Waals surface area contributed by atoms with Gasteiger partial charge in [-0.1, -0.05) is 30.8 Å². The summed E-state index contributed by atoms with van der Waals surface area (Å²) >= 11 is 0. The minimum atomic E-state index is -2.70. The van der Waals surface area contributed by atoms with E-state index in [0.29, 0.717) is 5.12 Å². The van der Waals surface area contributed by atoms with Crippen LogP contribution in [0.2, 0.25) is 0 Å². The van der Waals surface area contributed by atoms with Gasteiger partial charge in [-0.25, -0.2) is 15.2 Å². The molecule has 27 heavy (non-hydrogen) atoms. The largest absolute Gasteiger partial charge is 0.348 e. The second-order valence-electron chi connectivity index (χ2n) is 6.03. The Morgan fingerprint density at radius 2 is 1.96 bits per heavy atom. The third kappa shape index (κ3) is 4.54. The van der Waals surface area contributed by atoms with E-state index in [0.717, 1.165) is 22.3 Å². The molecule has 1 saturated heterocycles. The van der Waals surface area contributed by atoms with E-state index < -0.39 is 12.6 Å². The van der Waals surface area contributed by atoms with E-state index in [9.17, 15) is 18.0 Å². The molecule has 2 aromatic carbocycles. The van der Waals surface area contributed by atoms with Gasteiger partial charge in [-0.05, 0) is 46.5 Å². The van der Waals surface area contributed by atoms with Gasteiger partial charge in [0.2, 0.25) is 5.91 Å². The predicted molar refractivity (Wildman–Crippen MR) is 95.6 cm³/mol. The Kier molecular flexibility index (Phi) is 5.90. The molecule has 3 rings (SSSR count). The van der Waals surface area contributed by atoms with Crippen molar-refractivity contribution in [2.75, 3.05) is 6.54 Å². The Bertz CT molecular complexity index is 826. The van der Waals surface area contributed by atoms with Crippen molar-refractivity contribution in [1.29, 1.82) is 0 Å². The first kappa shape index (κ1) is 19.1. The van der Waals surface area contributed by atoms with Crippen LogP contribution in [0.25, 0.3) is 11.1 Å². The molecule has 0 radical (unpaired) electrons. The fraction of sp³-hybridized carbons (Fsp3) is 0.211. The molecule has 1 aliphatic heterocycles.